The van der Waals surface area contributed by atoms with Crippen LogP contribution in [0.25, 0.3) is 0 Å². The van der Waals surface area contributed by atoms with Crippen LogP contribution in [0.4, 0.5) is 5.69 Å². The quantitative estimate of drug-likeness (QED) is 0.843. The second-order valence-electron chi connectivity index (χ2n) is 6.75. The number of hydrogen-bond donors (Lipinski definition) is 1. The number of rotatable bonds is 5. The van der Waals surface area contributed by atoms with E-state index < -0.39 is 0 Å². The van der Waals surface area contributed by atoms with Gasteiger partial charge in [0.15, 0.2) is 0 Å². The molecule has 1 unspecified atom stereocenters. The number of nitrogens with zero attached hydrogens (tertiary/aromatic N) is 2. The van der Waals surface area contributed by atoms with E-state index in [2.05, 4.69) is 10.2 Å². The Kier molecular flexibility index (Phi) is 5.68. The SMILES string of the molecule is Cc1cccc(C)c1NC(=O)C(c1ccccc1)N1CCN(C=O)CC1. The van der Waals surface area contributed by atoms with Crippen molar-refractivity contribution in [3.63, 3.8) is 0 Å². The van der Waals surface area contributed by atoms with Crippen molar-refractivity contribution in [3.8, 4) is 0 Å². The molecule has 0 aliphatic carbocycles. The summed E-state index contributed by atoms with van der Waals surface area (Å²) in [6, 6.07) is 15.5. The van der Waals surface area contributed by atoms with Crippen molar-refractivity contribution < 1.29 is 9.59 Å². The van der Waals surface area contributed by atoms with E-state index in [4.69, 9.17) is 0 Å². The third kappa shape index (κ3) is 3.94. The highest BCUT2D eigenvalue weighted by Gasteiger charge is 2.30. The minimum Gasteiger partial charge on any atom is -0.343 e. The zero-order valence-corrected chi connectivity index (χ0v) is 15.3. The van der Waals surface area contributed by atoms with E-state index in [1.54, 1.807) is 4.90 Å². The molecule has 5 heteroatoms. The summed E-state index contributed by atoms with van der Waals surface area (Å²) >= 11 is 0. The molecule has 136 valence electrons. The second-order valence-corrected chi connectivity index (χ2v) is 6.75. The van der Waals surface area contributed by atoms with Crippen molar-refractivity contribution >= 4 is 18.0 Å². The molecule has 26 heavy (non-hydrogen) atoms. The average molecular weight is 351 g/mol. The van der Waals surface area contributed by atoms with Gasteiger partial charge in [0.2, 0.25) is 12.3 Å². The number of para-hydroxylation sites is 1. The van der Waals surface area contributed by atoms with Crippen molar-refractivity contribution in [2.24, 2.45) is 0 Å². The van der Waals surface area contributed by atoms with E-state index in [-0.39, 0.29) is 11.9 Å². The van der Waals surface area contributed by atoms with Gasteiger partial charge in [-0.3, -0.25) is 14.5 Å². The van der Waals surface area contributed by atoms with Crippen LogP contribution in [0.5, 0.6) is 0 Å². The zero-order valence-electron chi connectivity index (χ0n) is 15.3. The summed E-state index contributed by atoms with van der Waals surface area (Å²) < 4.78 is 0. The molecule has 2 amide bonds. The van der Waals surface area contributed by atoms with Crippen LogP contribution in [0, 0.1) is 13.8 Å². The lowest BCUT2D eigenvalue weighted by atomic mass is 10.0. The van der Waals surface area contributed by atoms with Crippen LogP contribution in [-0.2, 0) is 9.59 Å². The molecule has 1 atom stereocenters. The maximum absolute atomic E-state index is 13.2. The predicted molar refractivity (Wildman–Crippen MR) is 103 cm³/mol. The summed E-state index contributed by atoms with van der Waals surface area (Å²) in [5.41, 5.74) is 3.95. The highest BCUT2D eigenvalue weighted by molar-refractivity contribution is 5.96. The summed E-state index contributed by atoms with van der Waals surface area (Å²) in [5.74, 6) is -0.0341. The first-order valence-corrected chi connectivity index (χ1v) is 8.95. The number of carbonyl (C=O) groups excluding carboxylic acids is 2. The van der Waals surface area contributed by atoms with Gasteiger partial charge in [-0.05, 0) is 30.5 Å². The summed E-state index contributed by atoms with van der Waals surface area (Å²) in [6.07, 6.45) is 0.881. The lowest BCUT2D eigenvalue weighted by Crippen LogP contribution is -2.49. The molecule has 0 aromatic heterocycles. The number of aryl methyl sites for hydroxylation is 2. The molecule has 3 rings (SSSR count). The van der Waals surface area contributed by atoms with Crippen LogP contribution in [0.2, 0.25) is 0 Å². The van der Waals surface area contributed by atoms with Gasteiger partial charge in [-0.2, -0.15) is 0 Å². The summed E-state index contributed by atoms with van der Waals surface area (Å²) in [4.78, 5) is 28.1. The molecule has 1 aliphatic heterocycles. The fraction of sp³-hybridized carbons (Fsp3) is 0.333. The molecular weight excluding hydrogens is 326 g/mol. The monoisotopic (exact) mass is 351 g/mol. The maximum Gasteiger partial charge on any atom is 0.246 e. The summed E-state index contributed by atoms with van der Waals surface area (Å²) in [7, 11) is 0. The van der Waals surface area contributed by atoms with Crippen LogP contribution in [0.1, 0.15) is 22.7 Å². The van der Waals surface area contributed by atoms with E-state index in [1.165, 1.54) is 0 Å². The molecule has 1 saturated heterocycles. The zero-order chi connectivity index (χ0) is 18.5. The van der Waals surface area contributed by atoms with E-state index >= 15 is 0 Å². The Hall–Kier alpha value is -2.66. The van der Waals surface area contributed by atoms with Crippen molar-refractivity contribution in [1.82, 2.24) is 9.80 Å². The number of anilines is 1. The molecule has 1 heterocycles. The van der Waals surface area contributed by atoms with Gasteiger partial charge >= 0.3 is 0 Å². The van der Waals surface area contributed by atoms with Crippen molar-refractivity contribution in [1.29, 1.82) is 0 Å². The molecule has 0 radical (unpaired) electrons. The third-order valence-electron chi connectivity index (χ3n) is 4.96. The van der Waals surface area contributed by atoms with E-state index in [9.17, 15) is 9.59 Å². The van der Waals surface area contributed by atoms with Gasteiger partial charge in [0.25, 0.3) is 0 Å². The Morgan fingerprint density at radius 1 is 0.962 bits per heavy atom. The van der Waals surface area contributed by atoms with Crippen molar-refractivity contribution in [2.45, 2.75) is 19.9 Å². The van der Waals surface area contributed by atoms with Gasteiger partial charge in [-0.15, -0.1) is 0 Å². The van der Waals surface area contributed by atoms with Crippen molar-refractivity contribution in [3.05, 3.63) is 65.2 Å². The number of hydrogen-bond acceptors (Lipinski definition) is 3. The minimum absolute atomic E-state index is 0.0341. The Bertz CT molecular complexity index is 748. The van der Waals surface area contributed by atoms with Gasteiger partial charge < -0.3 is 10.2 Å². The van der Waals surface area contributed by atoms with E-state index in [0.29, 0.717) is 26.2 Å². The lowest BCUT2D eigenvalue weighted by Gasteiger charge is -2.37. The maximum atomic E-state index is 13.2. The van der Waals surface area contributed by atoms with Gasteiger partial charge in [0.05, 0.1) is 0 Å². The minimum atomic E-state index is -0.371. The number of amides is 2. The molecule has 2 aromatic carbocycles. The average Bonchev–Trinajstić information content (AvgIpc) is 2.66. The molecular formula is C21H25N3O2. The summed E-state index contributed by atoms with van der Waals surface area (Å²) in [5, 5.41) is 3.14. The number of nitrogens with one attached hydrogen (secondary N) is 1. The fourth-order valence-corrected chi connectivity index (χ4v) is 3.47. The third-order valence-corrected chi connectivity index (χ3v) is 4.96. The Labute approximate surface area is 154 Å². The first-order valence-electron chi connectivity index (χ1n) is 8.95. The highest BCUT2D eigenvalue weighted by Crippen LogP contribution is 2.26. The molecule has 2 aromatic rings. The highest BCUT2D eigenvalue weighted by atomic mass is 16.2. The Morgan fingerprint density at radius 2 is 1.58 bits per heavy atom. The van der Waals surface area contributed by atoms with Crippen LogP contribution < -0.4 is 5.32 Å². The lowest BCUT2D eigenvalue weighted by molar-refractivity contribution is -0.124. The second kappa shape index (κ2) is 8.15. The molecule has 1 fully saturated rings. The number of carbonyl (C=O) groups is 2. The van der Waals surface area contributed by atoms with Gasteiger partial charge in [-0.25, -0.2) is 0 Å². The first kappa shape index (κ1) is 18.1. The van der Waals surface area contributed by atoms with Gasteiger partial charge in [-0.1, -0.05) is 48.5 Å². The number of piperazine rings is 1. The molecule has 0 spiro atoms. The first-order chi connectivity index (χ1) is 12.6. The van der Waals surface area contributed by atoms with Gasteiger partial charge in [0.1, 0.15) is 6.04 Å². The molecule has 1 N–H and O–H groups in total. The van der Waals surface area contributed by atoms with Crippen molar-refractivity contribution in [2.75, 3.05) is 31.5 Å². The van der Waals surface area contributed by atoms with Crippen LogP contribution in [-0.4, -0.2) is 48.3 Å². The Morgan fingerprint density at radius 3 is 2.15 bits per heavy atom. The Balaban J connectivity index is 1.86. The smallest absolute Gasteiger partial charge is 0.246 e. The topological polar surface area (TPSA) is 52.7 Å². The van der Waals surface area contributed by atoms with Crippen LogP contribution >= 0.6 is 0 Å². The normalized spacial score (nSPS) is 16.2. The standard InChI is InChI=1S/C21H25N3O2/c1-16-7-6-8-17(2)19(16)22-21(26)20(18-9-4-3-5-10-18)24-13-11-23(15-25)12-14-24/h3-10,15,20H,11-14H2,1-2H3,(H,22,26). The number of benzene rings is 2. The molecule has 1 aliphatic rings. The van der Waals surface area contributed by atoms with Crippen LogP contribution in [0.15, 0.2) is 48.5 Å². The molecule has 0 bridgehead atoms. The fourth-order valence-electron chi connectivity index (χ4n) is 3.47. The largest absolute Gasteiger partial charge is 0.343 e. The summed E-state index contributed by atoms with van der Waals surface area (Å²) in [6.45, 7) is 6.65. The van der Waals surface area contributed by atoms with Gasteiger partial charge in [0, 0.05) is 31.9 Å². The molecule has 0 saturated carbocycles. The predicted octanol–water partition coefficient (Wildman–Crippen LogP) is 2.76. The van der Waals surface area contributed by atoms with Crippen LogP contribution in [0.3, 0.4) is 0 Å². The molecule has 5 nitrogen and oxygen atoms in total. The van der Waals surface area contributed by atoms with E-state index in [0.717, 1.165) is 28.8 Å². The van der Waals surface area contributed by atoms with E-state index in [1.807, 2.05) is 62.4 Å².